The van der Waals surface area contributed by atoms with Crippen LogP contribution >= 0.6 is 0 Å². The van der Waals surface area contributed by atoms with Crippen molar-refractivity contribution in [1.82, 2.24) is 10.2 Å². The largest absolute Gasteiger partial charge is 0.373 e. The number of carbonyl (C=O) groups is 2. The normalized spacial score (nSPS) is 18.5. The average molecular weight is 355 g/mol. The Morgan fingerprint density at radius 3 is 2.85 bits per heavy atom. The number of amides is 2. The Morgan fingerprint density at radius 2 is 2.04 bits per heavy atom. The van der Waals surface area contributed by atoms with Gasteiger partial charge in [-0.2, -0.15) is 0 Å². The topological polar surface area (TPSA) is 84.7 Å². The van der Waals surface area contributed by atoms with Crippen molar-refractivity contribution in [3.8, 4) is 0 Å². The Kier molecular flexibility index (Phi) is 5.85. The highest BCUT2D eigenvalue weighted by Gasteiger charge is 2.26. The van der Waals surface area contributed by atoms with Crippen molar-refractivity contribution in [3.63, 3.8) is 0 Å². The van der Waals surface area contributed by atoms with Gasteiger partial charge in [-0.3, -0.25) is 9.59 Å². The van der Waals surface area contributed by atoms with E-state index in [2.05, 4.69) is 5.32 Å². The summed E-state index contributed by atoms with van der Waals surface area (Å²) in [5.74, 6) is -0.267. The number of ether oxygens (including phenoxy) is 1. The van der Waals surface area contributed by atoms with Gasteiger partial charge in [0.05, 0.1) is 25.7 Å². The minimum atomic E-state index is -0.160. The van der Waals surface area contributed by atoms with Crippen molar-refractivity contribution in [2.75, 3.05) is 26.2 Å². The molecule has 0 bridgehead atoms. The molecule has 0 radical (unpaired) electrons. The maximum atomic E-state index is 12.4. The van der Waals surface area contributed by atoms with Crippen molar-refractivity contribution in [3.05, 3.63) is 48.0 Å². The smallest absolute Gasteiger partial charge is 0.242 e. The molecule has 0 spiro atoms. The van der Waals surface area contributed by atoms with Gasteiger partial charge in [0.2, 0.25) is 11.8 Å². The molecule has 138 valence electrons. The third-order valence-electron chi connectivity index (χ3n) is 4.70. The van der Waals surface area contributed by atoms with E-state index in [-0.39, 0.29) is 36.9 Å². The van der Waals surface area contributed by atoms with Gasteiger partial charge in [-0.1, -0.05) is 42.5 Å². The maximum Gasteiger partial charge on any atom is 0.242 e. The van der Waals surface area contributed by atoms with Crippen LogP contribution in [-0.4, -0.2) is 55.1 Å². The fraction of sp³-hybridized carbons (Fsp3) is 0.400. The zero-order valence-electron chi connectivity index (χ0n) is 15.0. The molecule has 0 aromatic heterocycles. The predicted molar refractivity (Wildman–Crippen MR) is 101 cm³/mol. The van der Waals surface area contributed by atoms with Crippen LogP contribution in [0.3, 0.4) is 0 Å². The molecule has 3 N–H and O–H groups in total. The second kappa shape index (κ2) is 8.29. The molecule has 0 aliphatic carbocycles. The maximum absolute atomic E-state index is 12.4. The molecule has 26 heavy (non-hydrogen) atoms. The van der Waals surface area contributed by atoms with Gasteiger partial charge in [0, 0.05) is 19.1 Å². The minimum absolute atomic E-state index is 0.00469. The van der Waals surface area contributed by atoms with Crippen LogP contribution in [0.4, 0.5) is 0 Å². The van der Waals surface area contributed by atoms with Gasteiger partial charge in [0.15, 0.2) is 0 Å². The van der Waals surface area contributed by atoms with Gasteiger partial charge < -0.3 is 20.7 Å². The molecule has 2 amide bonds. The minimum Gasteiger partial charge on any atom is -0.373 e. The Balaban J connectivity index is 1.54. The number of rotatable bonds is 5. The third-order valence-corrected chi connectivity index (χ3v) is 4.70. The molecule has 6 nitrogen and oxygen atoms in total. The number of hydrogen-bond acceptors (Lipinski definition) is 4. The molecule has 0 saturated carbocycles. The second-order valence-corrected chi connectivity index (χ2v) is 6.70. The van der Waals surface area contributed by atoms with Crippen molar-refractivity contribution >= 4 is 22.6 Å². The van der Waals surface area contributed by atoms with Crippen LogP contribution in [0.25, 0.3) is 10.8 Å². The summed E-state index contributed by atoms with van der Waals surface area (Å²) in [4.78, 5) is 26.3. The molecule has 3 rings (SSSR count). The molecule has 6 heteroatoms. The number of benzene rings is 2. The van der Waals surface area contributed by atoms with Gasteiger partial charge in [0.1, 0.15) is 0 Å². The standard InChI is InChI=1S/C20H25N3O3/c1-14(21)18-13-23(9-10-26-18)20(25)12-22-19(24)11-16-7-4-6-15-5-2-3-8-17(15)16/h2-8,14,18H,9-13,21H2,1H3,(H,22,24). The number of carbonyl (C=O) groups excluding carboxylic acids is 2. The van der Waals surface area contributed by atoms with Crippen LogP contribution in [0.2, 0.25) is 0 Å². The number of hydrogen-bond donors (Lipinski definition) is 2. The quantitative estimate of drug-likeness (QED) is 0.840. The molecule has 2 aromatic carbocycles. The number of morpholine rings is 1. The summed E-state index contributed by atoms with van der Waals surface area (Å²) in [6.07, 6.45) is 0.0966. The Morgan fingerprint density at radius 1 is 1.27 bits per heavy atom. The summed E-state index contributed by atoms with van der Waals surface area (Å²) < 4.78 is 5.56. The summed E-state index contributed by atoms with van der Waals surface area (Å²) in [5.41, 5.74) is 6.81. The molecule has 2 aromatic rings. The fourth-order valence-electron chi connectivity index (χ4n) is 3.19. The van der Waals surface area contributed by atoms with Gasteiger partial charge in [0.25, 0.3) is 0 Å². The van der Waals surface area contributed by atoms with Crippen LogP contribution in [-0.2, 0) is 20.7 Å². The molecule has 1 heterocycles. The van der Waals surface area contributed by atoms with Crippen LogP contribution in [0.15, 0.2) is 42.5 Å². The SMILES string of the molecule is CC(N)C1CN(C(=O)CNC(=O)Cc2cccc3ccccc23)CCO1. The number of nitrogens with two attached hydrogens (primary N) is 1. The first-order valence-electron chi connectivity index (χ1n) is 8.93. The van der Waals surface area contributed by atoms with Gasteiger partial charge in [-0.15, -0.1) is 0 Å². The van der Waals surface area contributed by atoms with E-state index in [9.17, 15) is 9.59 Å². The summed E-state index contributed by atoms with van der Waals surface area (Å²) in [7, 11) is 0. The van der Waals surface area contributed by atoms with E-state index in [1.165, 1.54) is 0 Å². The van der Waals surface area contributed by atoms with E-state index in [1.807, 2.05) is 49.4 Å². The van der Waals surface area contributed by atoms with Gasteiger partial charge >= 0.3 is 0 Å². The predicted octanol–water partition coefficient (Wildman–Crippen LogP) is 1.07. The average Bonchev–Trinajstić information content (AvgIpc) is 2.66. The molecule has 2 unspecified atom stereocenters. The lowest BCUT2D eigenvalue weighted by molar-refractivity contribution is -0.139. The Hall–Kier alpha value is -2.44. The second-order valence-electron chi connectivity index (χ2n) is 6.70. The molecule has 1 aliphatic heterocycles. The van der Waals surface area contributed by atoms with E-state index in [0.29, 0.717) is 19.7 Å². The lowest BCUT2D eigenvalue weighted by Crippen LogP contribution is -2.53. The van der Waals surface area contributed by atoms with E-state index in [0.717, 1.165) is 16.3 Å². The van der Waals surface area contributed by atoms with Crippen LogP contribution in [0.1, 0.15) is 12.5 Å². The van der Waals surface area contributed by atoms with E-state index < -0.39 is 0 Å². The van der Waals surface area contributed by atoms with E-state index in [4.69, 9.17) is 10.5 Å². The highest BCUT2D eigenvalue weighted by molar-refractivity contribution is 5.91. The summed E-state index contributed by atoms with van der Waals surface area (Å²) >= 11 is 0. The van der Waals surface area contributed by atoms with Gasteiger partial charge in [-0.25, -0.2) is 0 Å². The first-order valence-corrected chi connectivity index (χ1v) is 8.93. The van der Waals surface area contributed by atoms with Crippen LogP contribution in [0.5, 0.6) is 0 Å². The monoisotopic (exact) mass is 355 g/mol. The summed E-state index contributed by atoms with van der Waals surface area (Å²) in [6.45, 7) is 3.33. The molecular formula is C20H25N3O3. The Bertz CT molecular complexity index is 785. The fourth-order valence-corrected chi connectivity index (χ4v) is 3.19. The molecular weight excluding hydrogens is 330 g/mol. The molecule has 2 atom stereocenters. The highest BCUT2D eigenvalue weighted by Crippen LogP contribution is 2.18. The van der Waals surface area contributed by atoms with Crippen molar-refractivity contribution in [1.29, 1.82) is 0 Å². The Labute approximate surface area is 153 Å². The lowest BCUT2D eigenvalue weighted by atomic mass is 10.0. The van der Waals surface area contributed by atoms with E-state index >= 15 is 0 Å². The number of fused-ring (bicyclic) bond motifs is 1. The van der Waals surface area contributed by atoms with Crippen molar-refractivity contribution < 1.29 is 14.3 Å². The first kappa shape index (κ1) is 18.4. The number of nitrogens with zero attached hydrogens (tertiary/aromatic N) is 1. The molecule has 1 aliphatic rings. The van der Waals surface area contributed by atoms with Crippen molar-refractivity contribution in [2.45, 2.75) is 25.5 Å². The first-order chi connectivity index (χ1) is 12.5. The van der Waals surface area contributed by atoms with Crippen LogP contribution < -0.4 is 11.1 Å². The summed E-state index contributed by atoms with van der Waals surface area (Å²) in [5, 5.41) is 4.90. The zero-order chi connectivity index (χ0) is 18.5. The molecule has 1 fully saturated rings. The van der Waals surface area contributed by atoms with Crippen LogP contribution in [0, 0.1) is 0 Å². The number of nitrogens with one attached hydrogen (secondary N) is 1. The van der Waals surface area contributed by atoms with Crippen molar-refractivity contribution in [2.24, 2.45) is 5.73 Å². The van der Waals surface area contributed by atoms with E-state index in [1.54, 1.807) is 4.90 Å². The molecule has 1 saturated heterocycles. The lowest BCUT2D eigenvalue weighted by Gasteiger charge is -2.34. The van der Waals surface area contributed by atoms with Gasteiger partial charge in [-0.05, 0) is 23.3 Å². The zero-order valence-corrected chi connectivity index (χ0v) is 15.0. The third kappa shape index (κ3) is 4.39. The highest BCUT2D eigenvalue weighted by atomic mass is 16.5. The summed E-state index contributed by atoms with van der Waals surface area (Å²) in [6, 6.07) is 13.7.